The van der Waals surface area contributed by atoms with E-state index < -0.39 is 29.6 Å². The average molecular weight is 407 g/mol. The van der Waals surface area contributed by atoms with Crippen LogP contribution in [0.2, 0.25) is 0 Å². The molecule has 8 heteroatoms. The highest BCUT2D eigenvalue weighted by Gasteiger charge is 2.36. The van der Waals surface area contributed by atoms with Crippen LogP contribution in [0.4, 0.5) is 4.39 Å². The molecule has 2 aromatic carbocycles. The molecule has 3 aromatic rings. The Labute approximate surface area is 171 Å². The fourth-order valence-electron chi connectivity index (χ4n) is 3.43. The number of carbonyl (C=O) groups excluding carboxylic acids is 3. The highest BCUT2D eigenvalue weighted by atomic mass is 19.1. The molecule has 0 saturated heterocycles. The van der Waals surface area contributed by atoms with Crippen LogP contribution >= 0.6 is 0 Å². The molecule has 0 radical (unpaired) electrons. The third-order valence-corrected chi connectivity index (χ3v) is 4.96. The summed E-state index contributed by atoms with van der Waals surface area (Å²) in [4.78, 5) is 39.4. The zero-order valence-corrected chi connectivity index (χ0v) is 15.8. The zero-order valence-electron chi connectivity index (χ0n) is 15.8. The van der Waals surface area contributed by atoms with Crippen molar-refractivity contribution in [2.75, 3.05) is 0 Å². The zero-order chi connectivity index (χ0) is 21.1. The molecule has 3 amide bonds. The molecule has 30 heavy (non-hydrogen) atoms. The van der Waals surface area contributed by atoms with Gasteiger partial charge >= 0.3 is 0 Å². The number of rotatable bonds is 3. The second kappa shape index (κ2) is 8.20. The molecule has 152 valence electrons. The molecule has 4 rings (SSSR count). The number of furan rings is 1. The highest BCUT2D eigenvalue weighted by molar-refractivity contribution is 5.98. The number of halogens is 1. The van der Waals surface area contributed by atoms with E-state index in [0.29, 0.717) is 0 Å². The lowest BCUT2D eigenvalue weighted by Crippen LogP contribution is -2.56. The van der Waals surface area contributed by atoms with Gasteiger partial charge in [-0.3, -0.25) is 25.2 Å². The van der Waals surface area contributed by atoms with Crippen LogP contribution in [0, 0.1) is 5.82 Å². The minimum atomic E-state index is -0.876. The number of hydrogen-bond acceptors (Lipinski definition) is 4. The van der Waals surface area contributed by atoms with Gasteiger partial charge in [-0.05, 0) is 35.4 Å². The molecule has 2 N–H and O–H groups in total. The lowest BCUT2D eigenvalue weighted by atomic mass is 9.93. The van der Waals surface area contributed by atoms with Crippen molar-refractivity contribution in [1.82, 2.24) is 15.8 Å². The van der Waals surface area contributed by atoms with Gasteiger partial charge in [0.1, 0.15) is 11.9 Å². The average Bonchev–Trinajstić information content (AvgIpc) is 3.31. The number of fused-ring (bicyclic) bond motifs is 1. The number of nitrogens with zero attached hydrogens (tertiary/aromatic N) is 1. The third kappa shape index (κ3) is 3.80. The topological polar surface area (TPSA) is 91.7 Å². The molecule has 2 heterocycles. The molecule has 1 unspecified atom stereocenters. The molecule has 1 atom stereocenters. The normalized spacial score (nSPS) is 15.2. The SMILES string of the molecule is O=C(NNC(=O)C1Cc2ccccc2CN1C(=O)c1ccco1)c1ccccc1F. The first-order valence-corrected chi connectivity index (χ1v) is 9.30. The Morgan fingerprint density at radius 1 is 0.933 bits per heavy atom. The molecule has 0 saturated carbocycles. The van der Waals surface area contributed by atoms with Crippen LogP contribution in [-0.4, -0.2) is 28.7 Å². The fraction of sp³-hybridized carbons (Fsp3) is 0.136. The highest BCUT2D eigenvalue weighted by Crippen LogP contribution is 2.25. The molecule has 1 aliphatic heterocycles. The van der Waals surface area contributed by atoms with E-state index in [9.17, 15) is 18.8 Å². The molecular weight excluding hydrogens is 389 g/mol. The second-order valence-corrected chi connectivity index (χ2v) is 6.82. The summed E-state index contributed by atoms with van der Waals surface area (Å²) in [5.41, 5.74) is 6.19. The fourth-order valence-corrected chi connectivity index (χ4v) is 3.43. The summed E-state index contributed by atoms with van der Waals surface area (Å²) in [6.07, 6.45) is 1.65. The van der Waals surface area contributed by atoms with Gasteiger partial charge in [-0.1, -0.05) is 36.4 Å². The lowest BCUT2D eigenvalue weighted by molar-refractivity contribution is -0.127. The van der Waals surface area contributed by atoms with E-state index in [0.717, 1.165) is 17.2 Å². The summed E-state index contributed by atoms with van der Waals surface area (Å²) >= 11 is 0. The van der Waals surface area contributed by atoms with Crippen LogP contribution in [0.5, 0.6) is 0 Å². The van der Waals surface area contributed by atoms with Crippen LogP contribution in [0.25, 0.3) is 0 Å². The summed E-state index contributed by atoms with van der Waals surface area (Å²) in [6, 6.07) is 15.2. The smallest absolute Gasteiger partial charge is 0.290 e. The predicted octanol–water partition coefficient (Wildman–Crippen LogP) is 2.45. The van der Waals surface area contributed by atoms with Crippen LogP contribution in [0.3, 0.4) is 0 Å². The first-order chi connectivity index (χ1) is 14.5. The molecule has 1 aromatic heterocycles. The van der Waals surface area contributed by atoms with E-state index in [4.69, 9.17) is 4.42 Å². The first-order valence-electron chi connectivity index (χ1n) is 9.30. The maximum atomic E-state index is 13.8. The lowest BCUT2D eigenvalue weighted by Gasteiger charge is -2.35. The van der Waals surface area contributed by atoms with Crippen LogP contribution in [-0.2, 0) is 17.8 Å². The summed E-state index contributed by atoms with van der Waals surface area (Å²) in [5.74, 6) is -2.40. The van der Waals surface area contributed by atoms with Crippen LogP contribution in [0.15, 0.2) is 71.3 Å². The Balaban J connectivity index is 1.53. The van der Waals surface area contributed by atoms with Crippen LogP contribution in [0.1, 0.15) is 32.0 Å². The molecule has 0 aliphatic carbocycles. The Bertz CT molecular complexity index is 1100. The Morgan fingerprint density at radius 3 is 2.40 bits per heavy atom. The third-order valence-electron chi connectivity index (χ3n) is 4.96. The van der Waals surface area contributed by atoms with Crippen molar-refractivity contribution in [3.63, 3.8) is 0 Å². The summed E-state index contributed by atoms with van der Waals surface area (Å²) in [6.45, 7) is 0.217. The van der Waals surface area contributed by atoms with Gasteiger partial charge in [0, 0.05) is 13.0 Å². The van der Waals surface area contributed by atoms with Gasteiger partial charge in [0.2, 0.25) is 0 Å². The summed E-state index contributed by atoms with van der Waals surface area (Å²) in [5, 5.41) is 0. The molecule has 1 aliphatic rings. The molecule has 7 nitrogen and oxygen atoms in total. The van der Waals surface area contributed by atoms with E-state index in [2.05, 4.69) is 10.9 Å². The van der Waals surface area contributed by atoms with Crippen molar-refractivity contribution >= 4 is 17.7 Å². The van der Waals surface area contributed by atoms with Gasteiger partial charge in [0.05, 0.1) is 11.8 Å². The van der Waals surface area contributed by atoms with Crippen LogP contribution < -0.4 is 10.9 Å². The van der Waals surface area contributed by atoms with Gasteiger partial charge in [-0.25, -0.2) is 4.39 Å². The Morgan fingerprint density at radius 2 is 1.67 bits per heavy atom. The van der Waals surface area contributed by atoms with Crippen molar-refractivity contribution in [2.24, 2.45) is 0 Å². The Hall–Kier alpha value is -3.94. The van der Waals surface area contributed by atoms with Gasteiger partial charge in [-0.2, -0.15) is 0 Å². The maximum absolute atomic E-state index is 13.8. The largest absolute Gasteiger partial charge is 0.459 e. The molecular formula is C22H18FN3O4. The number of carbonyl (C=O) groups is 3. The second-order valence-electron chi connectivity index (χ2n) is 6.82. The minimum absolute atomic E-state index is 0.113. The van der Waals surface area contributed by atoms with E-state index in [1.165, 1.54) is 35.4 Å². The molecule has 0 spiro atoms. The standard InChI is InChI=1S/C22H18FN3O4/c23-17-9-4-3-8-16(17)20(27)24-25-21(28)18-12-14-6-1-2-7-15(14)13-26(18)22(29)19-10-5-11-30-19/h1-11,18H,12-13H2,(H,24,27)(H,25,28). The van der Waals surface area contributed by atoms with E-state index >= 15 is 0 Å². The molecule has 0 bridgehead atoms. The number of benzene rings is 2. The van der Waals surface area contributed by atoms with E-state index in [1.807, 2.05) is 24.3 Å². The van der Waals surface area contributed by atoms with E-state index in [-0.39, 0.29) is 24.3 Å². The number of hydrazine groups is 1. The monoisotopic (exact) mass is 407 g/mol. The Kier molecular flexibility index (Phi) is 5.30. The predicted molar refractivity (Wildman–Crippen MR) is 105 cm³/mol. The van der Waals surface area contributed by atoms with Gasteiger partial charge in [0.15, 0.2) is 5.76 Å². The van der Waals surface area contributed by atoms with E-state index in [1.54, 1.807) is 6.07 Å². The summed E-state index contributed by atoms with van der Waals surface area (Å²) in [7, 11) is 0. The van der Waals surface area contributed by atoms with Crippen molar-refractivity contribution < 1.29 is 23.2 Å². The number of amides is 3. The first kappa shape index (κ1) is 19.4. The van der Waals surface area contributed by atoms with Crippen molar-refractivity contribution in [1.29, 1.82) is 0 Å². The van der Waals surface area contributed by atoms with Crippen molar-refractivity contribution in [3.8, 4) is 0 Å². The maximum Gasteiger partial charge on any atom is 0.290 e. The molecule has 0 fully saturated rings. The van der Waals surface area contributed by atoms with Crippen molar-refractivity contribution in [3.05, 3.63) is 95.2 Å². The van der Waals surface area contributed by atoms with Gasteiger partial charge < -0.3 is 9.32 Å². The van der Waals surface area contributed by atoms with Gasteiger partial charge in [0.25, 0.3) is 17.7 Å². The quantitative estimate of drug-likeness (QED) is 0.653. The number of nitrogens with one attached hydrogen (secondary N) is 2. The van der Waals surface area contributed by atoms with Gasteiger partial charge in [-0.15, -0.1) is 0 Å². The minimum Gasteiger partial charge on any atom is -0.459 e. The van der Waals surface area contributed by atoms with Crippen molar-refractivity contribution in [2.45, 2.75) is 19.0 Å². The summed E-state index contributed by atoms with van der Waals surface area (Å²) < 4.78 is 19.0. The number of hydrogen-bond donors (Lipinski definition) is 2.